The van der Waals surface area contributed by atoms with Crippen LogP contribution in [-0.2, 0) is 10.2 Å². The minimum atomic E-state index is -0.388. The van der Waals surface area contributed by atoms with Crippen LogP contribution in [0, 0.1) is 0 Å². The first-order valence-corrected chi connectivity index (χ1v) is 8.33. The Hall–Kier alpha value is -2.70. The van der Waals surface area contributed by atoms with E-state index in [2.05, 4.69) is 20.5 Å². The first kappa shape index (κ1) is 18.6. The number of carbonyl (C=O) groups excluding carboxylic acids is 1. The van der Waals surface area contributed by atoms with E-state index in [1.165, 1.54) is 0 Å². The highest BCUT2D eigenvalue weighted by molar-refractivity contribution is 5.90. The molecule has 0 unspecified atom stereocenters. The van der Waals surface area contributed by atoms with Crippen molar-refractivity contribution < 1.29 is 9.53 Å². The molecule has 0 bridgehead atoms. The topological polar surface area (TPSA) is 97.0 Å². The molecule has 0 spiro atoms. The molecule has 0 aliphatic carbocycles. The zero-order valence-electron chi connectivity index (χ0n) is 15.0. The summed E-state index contributed by atoms with van der Waals surface area (Å²) in [6, 6.07) is 6.82. The Morgan fingerprint density at radius 2 is 2.04 bits per heavy atom. The summed E-state index contributed by atoms with van der Waals surface area (Å²) in [5.74, 6) is -0.158. The summed E-state index contributed by atoms with van der Waals surface area (Å²) in [6.45, 7) is 8.12. The van der Waals surface area contributed by atoms with Gasteiger partial charge in [0.2, 0.25) is 5.95 Å². The number of nitrogens with one attached hydrogen (secondary N) is 2. The lowest BCUT2D eigenvalue weighted by Gasteiger charge is -2.15. The van der Waals surface area contributed by atoms with E-state index in [1.54, 1.807) is 24.3 Å². The van der Waals surface area contributed by atoms with Gasteiger partial charge in [-0.1, -0.05) is 40.2 Å². The normalized spacial score (nSPS) is 11.2. The van der Waals surface area contributed by atoms with Gasteiger partial charge in [0.15, 0.2) is 0 Å². The van der Waals surface area contributed by atoms with Gasteiger partial charge in [0.1, 0.15) is 5.69 Å². The maximum Gasteiger partial charge on any atom is 0.338 e. The second kappa shape index (κ2) is 7.92. The lowest BCUT2D eigenvalue weighted by Crippen LogP contribution is -2.28. The number of esters is 1. The number of anilines is 2. The third kappa shape index (κ3) is 5.14. The maximum atomic E-state index is 12.1. The fourth-order valence-electron chi connectivity index (χ4n) is 2.14. The molecule has 0 amide bonds. The molecule has 0 saturated heterocycles. The second-order valence-electron chi connectivity index (χ2n) is 6.80. The molecule has 2 rings (SSSR count). The number of benzene rings is 1. The highest BCUT2D eigenvalue weighted by atomic mass is 16.5. The molecule has 0 atom stereocenters. The average Bonchev–Trinajstić information content (AvgIpc) is 2.54. The molecule has 2 N–H and O–H groups in total. The van der Waals surface area contributed by atoms with E-state index in [1.807, 2.05) is 27.7 Å². The summed E-state index contributed by atoms with van der Waals surface area (Å²) in [6.07, 6.45) is 1.80. The average molecular weight is 344 g/mol. The summed E-state index contributed by atoms with van der Waals surface area (Å²) < 4.78 is 5.19. The highest BCUT2D eigenvalue weighted by Gasteiger charge is 2.20. The Morgan fingerprint density at radius 1 is 1.28 bits per heavy atom. The zero-order valence-corrected chi connectivity index (χ0v) is 15.0. The molecular weight excluding hydrogens is 320 g/mol. The number of aromatic amines is 1. The number of ether oxygens (including phenoxy) is 1. The summed E-state index contributed by atoms with van der Waals surface area (Å²) in [7, 11) is 0. The van der Waals surface area contributed by atoms with Crippen LogP contribution in [0.1, 0.15) is 56.6 Å². The van der Waals surface area contributed by atoms with Crippen LogP contribution in [0.2, 0.25) is 0 Å². The Bertz CT molecular complexity index is 793. The zero-order chi connectivity index (χ0) is 18.4. The largest absolute Gasteiger partial charge is 0.462 e. The van der Waals surface area contributed by atoms with Crippen molar-refractivity contribution in [1.82, 2.24) is 15.2 Å². The van der Waals surface area contributed by atoms with Gasteiger partial charge in [-0.3, -0.25) is 9.78 Å². The summed E-state index contributed by atoms with van der Waals surface area (Å²) >= 11 is 0. The van der Waals surface area contributed by atoms with E-state index in [9.17, 15) is 9.59 Å². The van der Waals surface area contributed by atoms with E-state index >= 15 is 0 Å². The number of aromatic nitrogens is 3. The minimum absolute atomic E-state index is 0.217. The van der Waals surface area contributed by atoms with Crippen LogP contribution in [0.3, 0.4) is 0 Å². The van der Waals surface area contributed by atoms with E-state index in [-0.39, 0.29) is 22.9 Å². The molecule has 1 aromatic heterocycles. The third-order valence-corrected chi connectivity index (χ3v) is 3.50. The van der Waals surface area contributed by atoms with Gasteiger partial charge in [-0.05, 0) is 24.6 Å². The lowest BCUT2D eigenvalue weighted by molar-refractivity contribution is 0.0500. The fraction of sp³-hybridized carbons (Fsp3) is 0.444. The number of hydrogen-bond acceptors (Lipinski definition) is 6. The second-order valence-corrected chi connectivity index (χ2v) is 6.80. The molecule has 1 heterocycles. The number of hydrogen-bond donors (Lipinski definition) is 2. The van der Waals surface area contributed by atoms with Crippen molar-refractivity contribution in [3.63, 3.8) is 0 Å². The molecule has 0 fully saturated rings. The van der Waals surface area contributed by atoms with Gasteiger partial charge in [-0.2, -0.15) is 0 Å². The Labute approximate surface area is 146 Å². The predicted molar refractivity (Wildman–Crippen MR) is 96.3 cm³/mol. The molecule has 7 nitrogen and oxygen atoms in total. The molecule has 1 aromatic carbocycles. The van der Waals surface area contributed by atoms with Gasteiger partial charge in [-0.15, -0.1) is 10.2 Å². The summed E-state index contributed by atoms with van der Waals surface area (Å²) in [5, 5.41) is 11.0. The van der Waals surface area contributed by atoms with E-state index in [0.717, 1.165) is 12.8 Å². The monoisotopic (exact) mass is 344 g/mol. The molecular formula is C18H24N4O3. The summed E-state index contributed by atoms with van der Waals surface area (Å²) in [5.41, 5.74) is 0.730. The SMILES string of the molecule is CCCCOC(=O)c1cccc(Nc2nnc(C(C)(C)C)c(=O)[nH]2)c1. The van der Waals surface area contributed by atoms with Gasteiger partial charge in [-0.25, -0.2) is 4.79 Å². The van der Waals surface area contributed by atoms with E-state index in [0.29, 0.717) is 23.6 Å². The Kier molecular flexibility index (Phi) is 5.90. The quantitative estimate of drug-likeness (QED) is 0.617. The standard InChI is InChI=1S/C18H24N4O3/c1-5-6-10-25-16(24)12-8-7-9-13(11-12)19-17-20-15(23)14(21-22-17)18(2,3)4/h7-9,11H,5-6,10H2,1-4H3,(H2,19,20,22,23). The fourth-order valence-corrected chi connectivity index (χ4v) is 2.14. The number of H-pyrrole nitrogens is 1. The summed E-state index contributed by atoms with van der Waals surface area (Å²) in [4.78, 5) is 26.8. The van der Waals surface area contributed by atoms with Crippen molar-refractivity contribution in [2.75, 3.05) is 11.9 Å². The predicted octanol–water partition coefficient (Wildman–Crippen LogP) is 3.16. The van der Waals surface area contributed by atoms with Crippen molar-refractivity contribution in [2.24, 2.45) is 0 Å². The third-order valence-electron chi connectivity index (χ3n) is 3.50. The molecule has 134 valence electrons. The van der Waals surface area contributed by atoms with Crippen LogP contribution >= 0.6 is 0 Å². The minimum Gasteiger partial charge on any atom is -0.462 e. The molecule has 0 radical (unpaired) electrons. The van der Waals surface area contributed by atoms with Crippen LogP contribution in [0.25, 0.3) is 0 Å². The van der Waals surface area contributed by atoms with Crippen LogP contribution in [0.15, 0.2) is 29.1 Å². The van der Waals surface area contributed by atoms with Crippen LogP contribution in [0.5, 0.6) is 0 Å². The van der Waals surface area contributed by atoms with Gasteiger partial charge in [0.25, 0.3) is 5.56 Å². The lowest BCUT2D eigenvalue weighted by atomic mass is 9.93. The Morgan fingerprint density at radius 3 is 2.68 bits per heavy atom. The first-order valence-electron chi connectivity index (χ1n) is 8.33. The number of unbranched alkanes of at least 4 members (excludes halogenated alkanes) is 1. The molecule has 0 aliphatic rings. The molecule has 0 saturated carbocycles. The van der Waals surface area contributed by atoms with Crippen molar-refractivity contribution in [2.45, 2.75) is 46.0 Å². The van der Waals surface area contributed by atoms with Crippen LogP contribution in [0.4, 0.5) is 11.6 Å². The smallest absolute Gasteiger partial charge is 0.338 e. The van der Waals surface area contributed by atoms with Gasteiger partial charge in [0.05, 0.1) is 12.2 Å². The number of nitrogens with zero attached hydrogens (tertiary/aromatic N) is 2. The van der Waals surface area contributed by atoms with Crippen molar-refractivity contribution >= 4 is 17.6 Å². The maximum absolute atomic E-state index is 12.1. The van der Waals surface area contributed by atoms with Crippen molar-refractivity contribution in [3.05, 3.63) is 45.9 Å². The van der Waals surface area contributed by atoms with E-state index < -0.39 is 0 Å². The number of carbonyl (C=O) groups is 1. The molecule has 7 heteroatoms. The molecule has 2 aromatic rings. The first-order chi connectivity index (χ1) is 11.8. The molecule has 0 aliphatic heterocycles. The molecule has 25 heavy (non-hydrogen) atoms. The van der Waals surface area contributed by atoms with Gasteiger partial charge in [0, 0.05) is 11.1 Å². The van der Waals surface area contributed by atoms with Crippen LogP contribution < -0.4 is 10.9 Å². The number of rotatable bonds is 6. The van der Waals surface area contributed by atoms with E-state index in [4.69, 9.17) is 4.74 Å². The van der Waals surface area contributed by atoms with Gasteiger partial charge < -0.3 is 10.1 Å². The van der Waals surface area contributed by atoms with Crippen molar-refractivity contribution in [1.29, 1.82) is 0 Å². The van der Waals surface area contributed by atoms with Crippen molar-refractivity contribution in [3.8, 4) is 0 Å². The van der Waals surface area contributed by atoms with Crippen LogP contribution in [-0.4, -0.2) is 27.8 Å². The van der Waals surface area contributed by atoms with Gasteiger partial charge >= 0.3 is 5.97 Å². The highest BCUT2D eigenvalue weighted by Crippen LogP contribution is 2.17. The Balaban J connectivity index is 2.13.